The van der Waals surface area contributed by atoms with Gasteiger partial charge in [-0.05, 0) is 25.8 Å². The fourth-order valence-electron chi connectivity index (χ4n) is 2.56. The van der Waals surface area contributed by atoms with Crippen molar-refractivity contribution in [2.75, 3.05) is 13.7 Å². The molecule has 2 rings (SSSR count). The molecule has 1 atom stereocenters. The lowest BCUT2D eigenvalue weighted by Crippen LogP contribution is -2.06. The molecule has 1 unspecified atom stereocenters. The molecule has 7 heteroatoms. The number of carbonyl (C=O) groups is 1. The minimum absolute atomic E-state index is 0.0685. The van der Waals surface area contributed by atoms with Crippen molar-refractivity contribution >= 4 is 14.9 Å². The Morgan fingerprint density at radius 3 is 2.91 bits per heavy atom. The maximum absolute atomic E-state index is 11.8. The second kappa shape index (κ2) is 7.09. The van der Waals surface area contributed by atoms with Gasteiger partial charge in [-0.25, -0.2) is 4.79 Å². The summed E-state index contributed by atoms with van der Waals surface area (Å²) in [6, 6.07) is 0. The molecule has 1 aliphatic rings. The third-order valence-corrected chi connectivity index (χ3v) is 4.08. The first-order valence-electron chi connectivity index (χ1n) is 6.87. The third-order valence-electron chi connectivity index (χ3n) is 3.75. The van der Waals surface area contributed by atoms with Crippen LogP contribution in [-0.4, -0.2) is 29.6 Å². The first kappa shape index (κ1) is 16.7. The summed E-state index contributed by atoms with van der Waals surface area (Å²) < 4.78 is 10.4. The van der Waals surface area contributed by atoms with E-state index in [0.717, 1.165) is 11.1 Å². The van der Waals surface area contributed by atoms with Crippen LogP contribution in [0.4, 0.5) is 0 Å². The average Bonchev–Trinajstić information content (AvgIpc) is 2.89. The highest BCUT2D eigenvalue weighted by Gasteiger charge is 2.31. The number of rotatable bonds is 6. The van der Waals surface area contributed by atoms with E-state index in [-0.39, 0.29) is 26.9 Å². The van der Waals surface area contributed by atoms with Gasteiger partial charge in [-0.2, -0.15) is 0 Å². The van der Waals surface area contributed by atoms with Crippen LogP contribution in [0.3, 0.4) is 0 Å². The summed E-state index contributed by atoms with van der Waals surface area (Å²) in [5.74, 6) is 0.0138. The van der Waals surface area contributed by atoms with Crippen molar-refractivity contribution in [1.29, 1.82) is 0 Å². The van der Waals surface area contributed by atoms with Crippen LogP contribution >= 0.6 is 8.96 Å². The van der Waals surface area contributed by atoms with Gasteiger partial charge >= 0.3 is 5.97 Å². The van der Waals surface area contributed by atoms with Gasteiger partial charge in [0.05, 0.1) is 16.1 Å². The van der Waals surface area contributed by atoms with E-state index in [4.69, 9.17) is 14.4 Å². The summed E-state index contributed by atoms with van der Waals surface area (Å²) in [4.78, 5) is 20.6. The predicted molar refractivity (Wildman–Crippen MR) is 84.5 cm³/mol. The first-order chi connectivity index (χ1) is 10.5. The summed E-state index contributed by atoms with van der Waals surface area (Å²) in [6.07, 6.45) is 2.36. The van der Waals surface area contributed by atoms with Gasteiger partial charge in [-0.15, -0.1) is 0 Å². The standard InChI is InChI=1S/C15H20NO5P/c1-8(6-16-22-19)4-5-10-13(17)12-11(7-21-15(12)18)9(2)14(10)20-3/h4,16-17,19,22H,5-7H2,1-3H3/b8-4+. The van der Waals surface area contributed by atoms with Gasteiger partial charge in [0.1, 0.15) is 23.7 Å². The summed E-state index contributed by atoms with van der Waals surface area (Å²) in [5, 5.41) is 13.3. The van der Waals surface area contributed by atoms with Gasteiger partial charge in [-0.3, -0.25) is 5.09 Å². The zero-order chi connectivity index (χ0) is 16.3. The van der Waals surface area contributed by atoms with Crippen LogP contribution in [0.1, 0.15) is 34.0 Å². The largest absolute Gasteiger partial charge is 0.507 e. The summed E-state index contributed by atoms with van der Waals surface area (Å²) in [5.41, 5.74) is 3.34. The molecule has 0 aliphatic carbocycles. The van der Waals surface area contributed by atoms with Crippen LogP contribution in [-0.2, 0) is 17.8 Å². The molecule has 1 aromatic carbocycles. The Kier molecular flexibility index (Phi) is 5.40. The molecule has 0 spiro atoms. The molecule has 6 nitrogen and oxygen atoms in total. The molecule has 1 aromatic rings. The molecule has 0 saturated carbocycles. The Bertz CT molecular complexity index is 627. The normalized spacial score (nSPS) is 14.5. The van der Waals surface area contributed by atoms with Crippen molar-refractivity contribution in [2.45, 2.75) is 26.9 Å². The van der Waals surface area contributed by atoms with Crippen LogP contribution in [0.2, 0.25) is 0 Å². The summed E-state index contributed by atoms with van der Waals surface area (Å²) in [7, 11) is 1.23. The lowest BCUT2D eigenvalue weighted by molar-refractivity contribution is 0.0533. The molecule has 0 radical (unpaired) electrons. The number of hydrogen-bond donors (Lipinski definition) is 3. The van der Waals surface area contributed by atoms with Crippen LogP contribution < -0.4 is 9.82 Å². The highest BCUT2D eigenvalue weighted by atomic mass is 31.1. The lowest BCUT2D eigenvalue weighted by Gasteiger charge is -2.15. The fraction of sp³-hybridized carbons (Fsp3) is 0.400. The van der Waals surface area contributed by atoms with Crippen molar-refractivity contribution in [2.24, 2.45) is 0 Å². The van der Waals surface area contributed by atoms with Gasteiger partial charge < -0.3 is 19.5 Å². The van der Waals surface area contributed by atoms with E-state index in [0.29, 0.717) is 29.8 Å². The van der Waals surface area contributed by atoms with E-state index in [9.17, 15) is 9.90 Å². The molecule has 0 bridgehead atoms. The molecule has 120 valence electrons. The number of allylic oxidation sites excluding steroid dienone is 1. The molecule has 0 fully saturated rings. The van der Waals surface area contributed by atoms with Crippen LogP contribution in [0.15, 0.2) is 11.6 Å². The second-order valence-corrected chi connectivity index (χ2v) is 5.71. The predicted octanol–water partition coefficient (Wildman–Crippen LogP) is 1.96. The van der Waals surface area contributed by atoms with E-state index in [1.165, 1.54) is 0 Å². The maximum atomic E-state index is 11.8. The molecular formula is C15H20NO5P. The van der Waals surface area contributed by atoms with Gasteiger partial charge in [0.2, 0.25) is 0 Å². The topological polar surface area (TPSA) is 88.0 Å². The fourth-order valence-corrected chi connectivity index (χ4v) is 2.91. The number of fused-ring (bicyclic) bond motifs is 1. The summed E-state index contributed by atoms with van der Waals surface area (Å²) >= 11 is 0. The van der Waals surface area contributed by atoms with Gasteiger partial charge in [0, 0.05) is 17.7 Å². The number of carbonyl (C=O) groups excluding carboxylic acids is 1. The smallest absolute Gasteiger partial charge is 0.342 e. The van der Waals surface area contributed by atoms with E-state index < -0.39 is 5.97 Å². The first-order valence-corrected chi connectivity index (χ1v) is 7.81. The molecule has 0 saturated heterocycles. The zero-order valence-corrected chi connectivity index (χ0v) is 13.8. The minimum Gasteiger partial charge on any atom is -0.507 e. The van der Waals surface area contributed by atoms with E-state index in [2.05, 4.69) is 5.09 Å². The monoisotopic (exact) mass is 325 g/mol. The number of methoxy groups -OCH3 is 1. The molecule has 1 heterocycles. The highest BCUT2D eigenvalue weighted by molar-refractivity contribution is 7.28. The van der Waals surface area contributed by atoms with Crippen molar-refractivity contribution in [3.05, 3.63) is 33.9 Å². The zero-order valence-electron chi connectivity index (χ0n) is 12.8. The van der Waals surface area contributed by atoms with Crippen LogP contribution in [0.5, 0.6) is 11.5 Å². The molecular weight excluding hydrogens is 305 g/mol. The molecule has 22 heavy (non-hydrogen) atoms. The number of benzene rings is 1. The van der Waals surface area contributed by atoms with Crippen molar-refractivity contribution in [1.82, 2.24) is 5.09 Å². The van der Waals surface area contributed by atoms with Crippen LogP contribution in [0.25, 0.3) is 0 Å². The Hall–Kier alpha value is -1.62. The summed E-state index contributed by atoms with van der Waals surface area (Å²) in [6.45, 7) is 4.50. The third kappa shape index (κ3) is 3.09. The van der Waals surface area contributed by atoms with E-state index in [1.807, 2.05) is 19.9 Å². The number of esters is 1. The number of phenolic OH excluding ortho intramolecular Hbond substituents is 1. The minimum atomic E-state index is -0.497. The number of phenols is 1. The van der Waals surface area contributed by atoms with Gasteiger partial charge in [-0.1, -0.05) is 11.6 Å². The Balaban J connectivity index is 2.41. The Labute approximate surface area is 131 Å². The number of ether oxygens (including phenoxy) is 2. The molecule has 3 N–H and O–H groups in total. The van der Waals surface area contributed by atoms with Gasteiger partial charge in [0.25, 0.3) is 0 Å². The Morgan fingerprint density at radius 1 is 1.55 bits per heavy atom. The van der Waals surface area contributed by atoms with Gasteiger partial charge in [0.15, 0.2) is 0 Å². The van der Waals surface area contributed by atoms with E-state index >= 15 is 0 Å². The van der Waals surface area contributed by atoms with Crippen molar-refractivity contribution in [3.63, 3.8) is 0 Å². The highest BCUT2D eigenvalue weighted by Crippen LogP contribution is 2.41. The van der Waals surface area contributed by atoms with Crippen LogP contribution in [0, 0.1) is 6.92 Å². The maximum Gasteiger partial charge on any atom is 0.342 e. The second-order valence-electron chi connectivity index (χ2n) is 5.14. The Morgan fingerprint density at radius 2 is 2.27 bits per heavy atom. The average molecular weight is 325 g/mol. The van der Waals surface area contributed by atoms with E-state index in [1.54, 1.807) is 7.11 Å². The molecule has 0 amide bonds. The number of cyclic esters (lactones) is 1. The lowest BCUT2D eigenvalue weighted by atomic mass is 9.95. The van der Waals surface area contributed by atoms with Crippen molar-refractivity contribution < 1.29 is 24.3 Å². The number of nitrogens with one attached hydrogen (secondary N) is 1. The van der Waals surface area contributed by atoms with Crippen molar-refractivity contribution in [3.8, 4) is 11.5 Å². The number of aromatic hydroxyl groups is 1. The molecule has 1 aliphatic heterocycles. The quantitative estimate of drug-likeness (QED) is 0.421. The molecule has 0 aromatic heterocycles. The SMILES string of the molecule is COc1c(C)c2c(c(O)c1C/C=C(\C)CNPO)C(=O)OC2. The number of hydrogen-bond acceptors (Lipinski definition) is 6.